The minimum Gasteiger partial charge on any atom is -0.459 e. The average molecular weight is 336 g/mol. The number of carbonyl (C=O) groups is 2. The molecule has 0 spiro atoms. The van der Waals surface area contributed by atoms with Crippen molar-refractivity contribution in [2.45, 2.75) is 39.0 Å². The Morgan fingerprint density at radius 3 is 2.91 bits per heavy atom. The van der Waals surface area contributed by atoms with Crippen molar-refractivity contribution in [2.24, 2.45) is 0 Å². The molecule has 2 N–H and O–H groups in total. The fraction of sp³-hybridized carbons (Fsp3) is 0.467. The maximum absolute atomic E-state index is 11.8. The zero-order valence-electron chi connectivity index (χ0n) is 13.0. The van der Waals surface area contributed by atoms with E-state index in [1.165, 1.54) is 17.6 Å². The van der Waals surface area contributed by atoms with E-state index in [4.69, 9.17) is 4.42 Å². The summed E-state index contributed by atoms with van der Waals surface area (Å²) in [7, 11) is 0. The Hall–Kier alpha value is -2.22. The zero-order valence-corrected chi connectivity index (χ0v) is 13.8. The number of aromatic nitrogens is 2. The van der Waals surface area contributed by atoms with Crippen LogP contribution < -0.4 is 10.6 Å². The van der Waals surface area contributed by atoms with Gasteiger partial charge in [0.2, 0.25) is 11.0 Å². The van der Waals surface area contributed by atoms with Gasteiger partial charge in [-0.1, -0.05) is 24.7 Å². The first kappa shape index (κ1) is 17.1. The van der Waals surface area contributed by atoms with E-state index in [1.807, 2.05) is 0 Å². The lowest BCUT2D eigenvalue weighted by atomic mass is 10.3. The molecule has 0 unspecified atom stereocenters. The van der Waals surface area contributed by atoms with Gasteiger partial charge in [-0.15, -0.1) is 10.2 Å². The molecule has 0 aromatic carbocycles. The first-order valence-corrected chi connectivity index (χ1v) is 8.44. The molecular formula is C15H20N4O3S. The molecule has 0 atom stereocenters. The normalized spacial score (nSPS) is 10.5. The summed E-state index contributed by atoms with van der Waals surface area (Å²) in [6.45, 7) is 2.53. The largest absolute Gasteiger partial charge is 0.459 e. The smallest absolute Gasteiger partial charge is 0.286 e. The first-order valence-electron chi connectivity index (χ1n) is 7.63. The van der Waals surface area contributed by atoms with Gasteiger partial charge in [0, 0.05) is 19.4 Å². The molecule has 0 radical (unpaired) electrons. The second-order valence-corrected chi connectivity index (χ2v) is 6.05. The molecule has 0 aliphatic carbocycles. The highest BCUT2D eigenvalue weighted by Gasteiger charge is 2.10. The van der Waals surface area contributed by atoms with Gasteiger partial charge in [0.25, 0.3) is 5.91 Å². The fourth-order valence-corrected chi connectivity index (χ4v) is 2.66. The van der Waals surface area contributed by atoms with E-state index in [-0.39, 0.29) is 17.6 Å². The highest BCUT2D eigenvalue weighted by atomic mass is 32.1. The van der Waals surface area contributed by atoms with Crippen LogP contribution in [0, 0.1) is 0 Å². The summed E-state index contributed by atoms with van der Waals surface area (Å²) in [5, 5.41) is 14.9. The lowest BCUT2D eigenvalue weighted by Crippen LogP contribution is -2.25. The molecule has 0 aliphatic heterocycles. The monoisotopic (exact) mass is 336 g/mol. The second kappa shape index (κ2) is 9.04. The molecule has 124 valence electrons. The van der Waals surface area contributed by atoms with E-state index in [0.29, 0.717) is 24.5 Å². The van der Waals surface area contributed by atoms with Crippen LogP contribution in [0.5, 0.6) is 0 Å². The quantitative estimate of drug-likeness (QED) is 0.686. The number of unbranched alkanes of at least 4 members (excludes halogenated alkanes) is 1. The summed E-state index contributed by atoms with van der Waals surface area (Å²) in [6, 6.07) is 3.24. The molecule has 2 aromatic heterocycles. The average Bonchev–Trinajstić information content (AvgIpc) is 3.21. The molecule has 23 heavy (non-hydrogen) atoms. The third-order valence-electron chi connectivity index (χ3n) is 3.07. The highest BCUT2D eigenvalue weighted by molar-refractivity contribution is 7.15. The Balaban J connectivity index is 1.63. The van der Waals surface area contributed by atoms with E-state index < -0.39 is 0 Å². The maximum Gasteiger partial charge on any atom is 0.286 e. The summed E-state index contributed by atoms with van der Waals surface area (Å²) < 4.78 is 4.98. The van der Waals surface area contributed by atoms with Crippen LogP contribution in [0.2, 0.25) is 0 Å². The minimum absolute atomic E-state index is 0.129. The van der Waals surface area contributed by atoms with Crippen LogP contribution in [-0.4, -0.2) is 28.6 Å². The number of nitrogens with zero attached hydrogens (tertiary/aromatic N) is 2. The number of carbonyl (C=O) groups excluding carboxylic acids is 2. The zero-order chi connectivity index (χ0) is 16.5. The summed E-state index contributed by atoms with van der Waals surface area (Å²) >= 11 is 1.41. The van der Waals surface area contributed by atoms with Crippen molar-refractivity contribution in [1.29, 1.82) is 0 Å². The first-order chi connectivity index (χ1) is 11.2. The minimum atomic E-state index is -0.278. The summed E-state index contributed by atoms with van der Waals surface area (Å²) in [5.74, 6) is -0.140. The molecule has 8 heteroatoms. The number of rotatable bonds is 9. The van der Waals surface area contributed by atoms with Gasteiger partial charge < -0.3 is 15.1 Å². The summed E-state index contributed by atoms with van der Waals surface area (Å²) in [4.78, 5) is 23.4. The predicted molar refractivity (Wildman–Crippen MR) is 87.4 cm³/mol. The van der Waals surface area contributed by atoms with Gasteiger partial charge in [0.05, 0.1) is 6.26 Å². The van der Waals surface area contributed by atoms with E-state index in [0.717, 1.165) is 24.3 Å². The topological polar surface area (TPSA) is 97.1 Å². The number of hydrogen-bond donors (Lipinski definition) is 2. The van der Waals surface area contributed by atoms with Gasteiger partial charge in [-0.2, -0.15) is 0 Å². The van der Waals surface area contributed by atoms with Crippen LogP contribution in [0.1, 0.15) is 48.2 Å². The molecule has 2 heterocycles. The molecule has 0 saturated carbocycles. The second-order valence-electron chi connectivity index (χ2n) is 4.99. The maximum atomic E-state index is 11.8. The van der Waals surface area contributed by atoms with Crippen LogP contribution in [0.4, 0.5) is 5.13 Å². The third kappa shape index (κ3) is 5.82. The van der Waals surface area contributed by atoms with Crippen LogP contribution in [0.25, 0.3) is 0 Å². The van der Waals surface area contributed by atoms with E-state index >= 15 is 0 Å². The van der Waals surface area contributed by atoms with Crippen molar-refractivity contribution < 1.29 is 14.0 Å². The molecule has 2 aromatic rings. The van der Waals surface area contributed by atoms with Gasteiger partial charge in [0.1, 0.15) is 5.01 Å². The summed E-state index contributed by atoms with van der Waals surface area (Å²) in [6.07, 6.45) is 5.35. The number of aryl methyl sites for hydroxylation is 1. The lowest BCUT2D eigenvalue weighted by molar-refractivity contribution is -0.116. The van der Waals surface area contributed by atoms with Gasteiger partial charge in [0.15, 0.2) is 5.76 Å². The Morgan fingerprint density at radius 2 is 2.17 bits per heavy atom. The molecule has 0 bridgehead atoms. The number of anilines is 1. The number of nitrogens with one attached hydrogen (secondary N) is 2. The molecule has 2 rings (SSSR count). The molecule has 7 nitrogen and oxygen atoms in total. The van der Waals surface area contributed by atoms with Gasteiger partial charge >= 0.3 is 0 Å². The van der Waals surface area contributed by atoms with E-state index in [2.05, 4.69) is 27.8 Å². The van der Waals surface area contributed by atoms with E-state index in [9.17, 15) is 9.59 Å². The van der Waals surface area contributed by atoms with Crippen molar-refractivity contribution >= 4 is 28.3 Å². The SMILES string of the molecule is CCCCc1nnc(NC(=O)CCCNC(=O)c2ccco2)s1. The third-order valence-corrected chi connectivity index (χ3v) is 3.97. The van der Waals surface area contributed by atoms with Crippen LogP contribution >= 0.6 is 11.3 Å². The van der Waals surface area contributed by atoms with Crippen LogP contribution in [0.3, 0.4) is 0 Å². The number of hydrogen-bond acceptors (Lipinski definition) is 6. The fourth-order valence-electron chi connectivity index (χ4n) is 1.86. The molecule has 0 saturated heterocycles. The van der Waals surface area contributed by atoms with Gasteiger partial charge in [-0.25, -0.2) is 0 Å². The van der Waals surface area contributed by atoms with Gasteiger partial charge in [-0.05, 0) is 25.0 Å². The Kier molecular flexibility index (Phi) is 6.74. The highest BCUT2D eigenvalue weighted by Crippen LogP contribution is 2.17. The standard InChI is InChI=1S/C15H20N4O3S/c1-2-3-8-13-18-19-15(23-13)17-12(20)7-4-9-16-14(21)11-6-5-10-22-11/h5-6,10H,2-4,7-9H2,1H3,(H,16,21)(H,17,19,20). The predicted octanol–water partition coefficient (Wildman–Crippen LogP) is 2.62. The molecule has 0 fully saturated rings. The Labute approximate surface area is 138 Å². The van der Waals surface area contributed by atoms with Crippen molar-refractivity contribution in [3.05, 3.63) is 29.2 Å². The van der Waals surface area contributed by atoms with Crippen molar-refractivity contribution in [3.63, 3.8) is 0 Å². The van der Waals surface area contributed by atoms with E-state index in [1.54, 1.807) is 12.1 Å². The Morgan fingerprint density at radius 1 is 1.30 bits per heavy atom. The van der Waals surface area contributed by atoms with Crippen LogP contribution in [-0.2, 0) is 11.2 Å². The summed E-state index contributed by atoms with van der Waals surface area (Å²) in [5.41, 5.74) is 0. The molecule has 2 amide bonds. The number of furan rings is 1. The molecule has 0 aliphatic rings. The van der Waals surface area contributed by atoms with Crippen molar-refractivity contribution in [1.82, 2.24) is 15.5 Å². The molecular weight excluding hydrogens is 316 g/mol. The number of amides is 2. The Bertz CT molecular complexity index is 624. The lowest BCUT2D eigenvalue weighted by Gasteiger charge is -2.03. The van der Waals surface area contributed by atoms with Crippen molar-refractivity contribution in [3.8, 4) is 0 Å². The van der Waals surface area contributed by atoms with Crippen molar-refractivity contribution in [2.75, 3.05) is 11.9 Å². The van der Waals surface area contributed by atoms with Gasteiger partial charge in [-0.3, -0.25) is 9.59 Å². The van der Waals surface area contributed by atoms with Crippen LogP contribution in [0.15, 0.2) is 22.8 Å².